The summed E-state index contributed by atoms with van der Waals surface area (Å²) in [6.07, 6.45) is 5.65. The van der Waals surface area contributed by atoms with Gasteiger partial charge in [0.25, 0.3) is 0 Å². The second-order valence-corrected chi connectivity index (χ2v) is 2.39. The smallest absolute Gasteiger partial charge is 0.328 e. The van der Waals surface area contributed by atoms with Gasteiger partial charge in [0.05, 0.1) is 0 Å². The lowest BCUT2D eigenvalue weighted by Crippen LogP contribution is -2.26. The SMILES string of the molecule is O=C(O)/C=C/C(=O)N1CC=CC1. The molecule has 0 saturated carbocycles. The van der Waals surface area contributed by atoms with Crippen LogP contribution in [-0.2, 0) is 9.59 Å². The molecule has 4 nitrogen and oxygen atoms in total. The van der Waals surface area contributed by atoms with Gasteiger partial charge in [-0.05, 0) is 0 Å². The highest BCUT2D eigenvalue weighted by atomic mass is 16.4. The van der Waals surface area contributed by atoms with Crippen molar-refractivity contribution in [2.75, 3.05) is 13.1 Å². The zero-order valence-electron chi connectivity index (χ0n) is 6.43. The molecule has 0 saturated heterocycles. The molecular weight excluding hydrogens is 158 g/mol. The van der Waals surface area contributed by atoms with E-state index in [1.807, 2.05) is 12.2 Å². The largest absolute Gasteiger partial charge is 0.478 e. The Morgan fingerprint density at radius 1 is 1.25 bits per heavy atom. The van der Waals surface area contributed by atoms with Crippen molar-refractivity contribution in [3.05, 3.63) is 24.3 Å². The van der Waals surface area contributed by atoms with Crippen molar-refractivity contribution in [1.82, 2.24) is 4.90 Å². The number of amides is 1. The number of carboxylic acids is 1. The molecule has 1 amide bonds. The van der Waals surface area contributed by atoms with E-state index < -0.39 is 5.97 Å². The lowest BCUT2D eigenvalue weighted by Gasteiger charge is -2.11. The van der Waals surface area contributed by atoms with Crippen LogP contribution in [0.5, 0.6) is 0 Å². The van der Waals surface area contributed by atoms with E-state index in [2.05, 4.69) is 0 Å². The third-order valence-corrected chi connectivity index (χ3v) is 1.50. The number of aliphatic carboxylic acids is 1. The standard InChI is InChI=1S/C8H9NO3/c10-7(3-4-8(11)12)9-5-1-2-6-9/h1-4H,5-6H2,(H,11,12)/b4-3+. The third-order valence-electron chi connectivity index (χ3n) is 1.50. The van der Waals surface area contributed by atoms with Crippen molar-refractivity contribution in [3.63, 3.8) is 0 Å². The minimum absolute atomic E-state index is 0.262. The number of carbonyl (C=O) groups excluding carboxylic acids is 1. The zero-order chi connectivity index (χ0) is 8.97. The van der Waals surface area contributed by atoms with Crippen LogP contribution in [0.25, 0.3) is 0 Å². The van der Waals surface area contributed by atoms with Crippen LogP contribution in [0.15, 0.2) is 24.3 Å². The van der Waals surface area contributed by atoms with Gasteiger partial charge in [0.15, 0.2) is 0 Å². The quantitative estimate of drug-likeness (QED) is 0.466. The van der Waals surface area contributed by atoms with E-state index in [4.69, 9.17) is 5.11 Å². The fourth-order valence-corrected chi connectivity index (χ4v) is 0.906. The van der Waals surface area contributed by atoms with Crippen LogP contribution >= 0.6 is 0 Å². The number of nitrogens with zero attached hydrogens (tertiary/aromatic N) is 1. The molecule has 1 rings (SSSR count). The minimum Gasteiger partial charge on any atom is -0.478 e. The molecule has 0 aliphatic carbocycles. The average Bonchev–Trinajstić information content (AvgIpc) is 2.51. The highest BCUT2D eigenvalue weighted by Crippen LogP contribution is 1.99. The molecule has 12 heavy (non-hydrogen) atoms. The van der Waals surface area contributed by atoms with E-state index in [1.54, 1.807) is 4.90 Å². The first-order chi connectivity index (χ1) is 5.70. The summed E-state index contributed by atoms with van der Waals surface area (Å²) in [5.41, 5.74) is 0. The van der Waals surface area contributed by atoms with Crippen LogP contribution in [-0.4, -0.2) is 35.0 Å². The Morgan fingerprint density at radius 2 is 1.83 bits per heavy atom. The van der Waals surface area contributed by atoms with Gasteiger partial charge < -0.3 is 10.0 Å². The van der Waals surface area contributed by atoms with Crippen molar-refractivity contribution in [2.45, 2.75) is 0 Å². The Bertz CT molecular complexity index is 247. The van der Waals surface area contributed by atoms with Gasteiger partial charge in [-0.2, -0.15) is 0 Å². The highest BCUT2D eigenvalue weighted by Gasteiger charge is 2.10. The molecule has 0 unspecified atom stereocenters. The number of carbonyl (C=O) groups is 2. The van der Waals surface area contributed by atoms with Gasteiger partial charge in [-0.15, -0.1) is 0 Å². The Hall–Kier alpha value is -1.58. The number of hydrogen-bond acceptors (Lipinski definition) is 2. The molecule has 4 heteroatoms. The molecule has 0 fully saturated rings. The molecule has 0 aromatic heterocycles. The molecule has 1 heterocycles. The minimum atomic E-state index is -1.10. The summed E-state index contributed by atoms with van der Waals surface area (Å²) in [6.45, 7) is 1.14. The molecule has 1 aliphatic heterocycles. The molecule has 0 aromatic carbocycles. The van der Waals surface area contributed by atoms with Gasteiger partial charge in [0.2, 0.25) is 5.91 Å². The summed E-state index contributed by atoms with van der Waals surface area (Å²) in [4.78, 5) is 22.7. The zero-order valence-corrected chi connectivity index (χ0v) is 6.43. The Kier molecular flexibility index (Phi) is 2.63. The van der Waals surface area contributed by atoms with Gasteiger partial charge in [-0.1, -0.05) is 12.2 Å². The Labute approximate surface area is 69.8 Å². The molecule has 1 aliphatic rings. The summed E-state index contributed by atoms with van der Waals surface area (Å²) >= 11 is 0. The maximum absolute atomic E-state index is 11.1. The van der Waals surface area contributed by atoms with Gasteiger partial charge in [-0.3, -0.25) is 4.79 Å². The van der Waals surface area contributed by atoms with Crippen LogP contribution in [0, 0.1) is 0 Å². The number of rotatable bonds is 2. The first-order valence-corrected chi connectivity index (χ1v) is 3.55. The second-order valence-electron chi connectivity index (χ2n) is 2.39. The van der Waals surface area contributed by atoms with Gasteiger partial charge in [-0.25, -0.2) is 4.79 Å². The van der Waals surface area contributed by atoms with E-state index in [0.717, 1.165) is 12.2 Å². The van der Waals surface area contributed by atoms with E-state index in [9.17, 15) is 9.59 Å². The lowest BCUT2D eigenvalue weighted by atomic mass is 10.4. The summed E-state index contributed by atoms with van der Waals surface area (Å²) in [7, 11) is 0. The summed E-state index contributed by atoms with van der Waals surface area (Å²) in [6, 6.07) is 0. The van der Waals surface area contributed by atoms with Gasteiger partial charge in [0.1, 0.15) is 0 Å². The normalized spacial score (nSPS) is 15.8. The molecule has 0 radical (unpaired) electrons. The first-order valence-electron chi connectivity index (χ1n) is 3.55. The fourth-order valence-electron chi connectivity index (χ4n) is 0.906. The van der Waals surface area contributed by atoms with Crippen molar-refractivity contribution in [1.29, 1.82) is 0 Å². The summed E-state index contributed by atoms with van der Waals surface area (Å²) < 4.78 is 0. The van der Waals surface area contributed by atoms with E-state index in [1.165, 1.54) is 0 Å². The van der Waals surface area contributed by atoms with Crippen molar-refractivity contribution < 1.29 is 14.7 Å². The summed E-state index contributed by atoms with van der Waals surface area (Å²) in [5, 5.41) is 8.23. The predicted octanol–water partition coefficient (Wildman–Crippen LogP) is 0.0256. The molecule has 0 atom stereocenters. The van der Waals surface area contributed by atoms with Crippen molar-refractivity contribution in [2.24, 2.45) is 0 Å². The van der Waals surface area contributed by atoms with Gasteiger partial charge in [0, 0.05) is 25.2 Å². The Morgan fingerprint density at radius 3 is 2.33 bits per heavy atom. The maximum atomic E-state index is 11.1. The number of carboxylic acid groups (broad SMARTS) is 1. The second kappa shape index (κ2) is 3.71. The monoisotopic (exact) mass is 167 g/mol. The molecule has 1 N–H and O–H groups in total. The first kappa shape index (κ1) is 8.52. The Balaban J connectivity index is 2.43. The predicted molar refractivity (Wildman–Crippen MR) is 42.5 cm³/mol. The van der Waals surface area contributed by atoms with E-state index >= 15 is 0 Å². The number of hydrogen-bond donors (Lipinski definition) is 1. The fraction of sp³-hybridized carbons (Fsp3) is 0.250. The molecule has 64 valence electrons. The van der Waals surface area contributed by atoms with Gasteiger partial charge >= 0.3 is 5.97 Å². The molecule has 0 aromatic rings. The topological polar surface area (TPSA) is 57.6 Å². The van der Waals surface area contributed by atoms with Crippen LogP contribution < -0.4 is 0 Å². The van der Waals surface area contributed by atoms with Crippen LogP contribution in [0.4, 0.5) is 0 Å². The molecule has 0 bridgehead atoms. The van der Waals surface area contributed by atoms with Crippen LogP contribution in [0.2, 0.25) is 0 Å². The average molecular weight is 167 g/mol. The highest BCUT2D eigenvalue weighted by molar-refractivity contribution is 5.94. The van der Waals surface area contributed by atoms with Crippen molar-refractivity contribution >= 4 is 11.9 Å². The molecular formula is C8H9NO3. The van der Waals surface area contributed by atoms with Crippen LogP contribution in [0.3, 0.4) is 0 Å². The van der Waals surface area contributed by atoms with Crippen LogP contribution in [0.1, 0.15) is 0 Å². The maximum Gasteiger partial charge on any atom is 0.328 e. The summed E-state index contributed by atoms with van der Waals surface area (Å²) in [5.74, 6) is -1.36. The molecule has 0 spiro atoms. The third kappa shape index (κ3) is 2.23. The lowest BCUT2D eigenvalue weighted by molar-refractivity contribution is -0.132. The van der Waals surface area contributed by atoms with Crippen molar-refractivity contribution in [3.8, 4) is 0 Å². The van der Waals surface area contributed by atoms with E-state index in [-0.39, 0.29) is 5.91 Å². The van der Waals surface area contributed by atoms with E-state index in [0.29, 0.717) is 13.1 Å².